The van der Waals surface area contributed by atoms with Crippen molar-refractivity contribution in [2.45, 2.75) is 13.0 Å². The molecule has 0 bridgehead atoms. The number of amides is 2. The molecule has 1 fully saturated rings. The zero-order chi connectivity index (χ0) is 18.5. The van der Waals surface area contributed by atoms with Gasteiger partial charge in [0, 0.05) is 41.9 Å². The monoisotopic (exact) mass is 395 g/mol. The summed E-state index contributed by atoms with van der Waals surface area (Å²) in [6.07, 6.45) is 0. The van der Waals surface area contributed by atoms with Gasteiger partial charge < -0.3 is 15.4 Å². The van der Waals surface area contributed by atoms with Gasteiger partial charge in [-0.1, -0.05) is 23.7 Å². The number of hydrogen-bond acceptors (Lipinski definition) is 5. The Morgan fingerprint density at radius 3 is 2.65 bits per heavy atom. The Morgan fingerprint density at radius 1 is 1.31 bits per heavy atom. The average molecular weight is 396 g/mol. The van der Waals surface area contributed by atoms with Gasteiger partial charge in [0.1, 0.15) is 0 Å². The van der Waals surface area contributed by atoms with Crippen molar-refractivity contribution in [3.8, 4) is 0 Å². The van der Waals surface area contributed by atoms with Gasteiger partial charge >= 0.3 is 12.0 Å². The molecule has 2 aliphatic heterocycles. The largest absolute Gasteiger partial charge is 0.463 e. The maximum atomic E-state index is 12.7. The van der Waals surface area contributed by atoms with E-state index in [2.05, 4.69) is 15.5 Å². The lowest BCUT2D eigenvalue weighted by atomic mass is 9.95. The number of carbonyl (C=O) groups is 2. The fraction of sp³-hybridized carbons (Fsp3) is 0.444. The second-order valence-corrected chi connectivity index (χ2v) is 7.75. The van der Waals surface area contributed by atoms with E-state index in [0.29, 0.717) is 22.8 Å². The second kappa shape index (κ2) is 8.79. The molecule has 0 unspecified atom stereocenters. The number of hydrogen-bond donors (Lipinski definition) is 2. The van der Waals surface area contributed by atoms with Crippen molar-refractivity contribution in [1.29, 1.82) is 0 Å². The van der Waals surface area contributed by atoms with E-state index in [1.807, 2.05) is 23.9 Å². The minimum Gasteiger partial charge on any atom is -0.463 e. The van der Waals surface area contributed by atoms with Gasteiger partial charge in [-0.15, -0.1) is 0 Å². The van der Waals surface area contributed by atoms with E-state index in [4.69, 9.17) is 16.3 Å². The number of nitrogens with one attached hydrogen (secondary N) is 2. The van der Waals surface area contributed by atoms with E-state index in [-0.39, 0.29) is 12.6 Å². The fourth-order valence-electron chi connectivity index (χ4n) is 3.08. The summed E-state index contributed by atoms with van der Waals surface area (Å²) in [7, 11) is 0. The fourth-order valence-corrected chi connectivity index (χ4v) is 4.19. The maximum Gasteiger partial charge on any atom is 0.338 e. The Hall–Kier alpha value is -1.70. The Bertz CT molecular complexity index is 702. The van der Waals surface area contributed by atoms with Crippen LogP contribution in [0.25, 0.3) is 0 Å². The van der Waals surface area contributed by atoms with Crippen LogP contribution >= 0.6 is 23.4 Å². The number of halogens is 1. The van der Waals surface area contributed by atoms with Crippen LogP contribution in [-0.2, 0) is 9.53 Å². The summed E-state index contributed by atoms with van der Waals surface area (Å²) in [6, 6.07) is 6.23. The van der Waals surface area contributed by atoms with Crippen LogP contribution in [-0.4, -0.2) is 54.6 Å². The summed E-state index contributed by atoms with van der Waals surface area (Å²) >= 11 is 7.89. The first-order valence-electron chi connectivity index (χ1n) is 8.61. The molecule has 0 aromatic heterocycles. The minimum atomic E-state index is -0.561. The van der Waals surface area contributed by atoms with Crippen LogP contribution in [0.2, 0.25) is 5.02 Å². The van der Waals surface area contributed by atoms with Crippen molar-refractivity contribution < 1.29 is 14.3 Å². The third kappa shape index (κ3) is 4.52. The predicted molar refractivity (Wildman–Crippen MR) is 103 cm³/mol. The van der Waals surface area contributed by atoms with Gasteiger partial charge in [0.25, 0.3) is 0 Å². The molecule has 2 aliphatic rings. The number of benzene rings is 1. The lowest BCUT2D eigenvalue weighted by molar-refractivity contribution is -0.139. The molecule has 1 aromatic carbocycles. The van der Waals surface area contributed by atoms with Crippen molar-refractivity contribution in [3.05, 3.63) is 46.1 Å². The minimum absolute atomic E-state index is 0.275. The molecule has 3 rings (SSSR count). The Morgan fingerprint density at radius 2 is 2.00 bits per heavy atom. The molecule has 6 nitrogen and oxygen atoms in total. The van der Waals surface area contributed by atoms with E-state index in [1.165, 1.54) is 0 Å². The molecule has 140 valence electrons. The Labute approximate surface area is 162 Å². The van der Waals surface area contributed by atoms with Crippen LogP contribution in [0.1, 0.15) is 18.5 Å². The summed E-state index contributed by atoms with van der Waals surface area (Å²) in [4.78, 5) is 27.2. The van der Waals surface area contributed by atoms with Crippen molar-refractivity contribution in [3.63, 3.8) is 0 Å². The number of nitrogens with zero attached hydrogens (tertiary/aromatic N) is 1. The summed E-state index contributed by atoms with van der Waals surface area (Å²) in [5, 5.41) is 6.25. The first-order chi connectivity index (χ1) is 12.6. The lowest BCUT2D eigenvalue weighted by Crippen LogP contribution is -2.49. The van der Waals surface area contributed by atoms with Crippen molar-refractivity contribution >= 4 is 35.4 Å². The van der Waals surface area contributed by atoms with Crippen LogP contribution in [0.15, 0.2) is 35.5 Å². The molecule has 0 aliphatic carbocycles. The van der Waals surface area contributed by atoms with Crippen LogP contribution in [0.4, 0.5) is 4.79 Å². The molecule has 2 heterocycles. The average Bonchev–Trinajstić information content (AvgIpc) is 2.63. The van der Waals surface area contributed by atoms with Crippen molar-refractivity contribution in [2.24, 2.45) is 0 Å². The first kappa shape index (κ1) is 19.1. The standard InChI is InChI=1S/C18H22ClN3O3S/c1-2-25-17(23)15-14(11-22-7-9-26-10-8-22)20-18(24)21-16(15)12-3-5-13(19)6-4-12/h3-6,16H,2,7-11H2,1H3,(H2,20,21,24)/t16-/m0/s1. The molecular formula is C18H22ClN3O3S. The highest BCUT2D eigenvalue weighted by atomic mass is 35.5. The number of urea groups is 1. The van der Waals surface area contributed by atoms with Crippen LogP contribution < -0.4 is 10.6 Å². The number of esters is 1. The highest BCUT2D eigenvalue weighted by Gasteiger charge is 2.34. The zero-order valence-corrected chi connectivity index (χ0v) is 16.2. The number of thioether (sulfide) groups is 1. The molecule has 0 radical (unpaired) electrons. The van der Waals surface area contributed by atoms with Crippen LogP contribution in [0.5, 0.6) is 0 Å². The van der Waals surface area contributed by atoms with E-state index in [0.717, 1.165) is 30.2 Å². The topological polar surface area (TPSA) is 70.7 Å². The lowest BCUT2D eigenvalue weighted by Gasteiger charge is -2.33. The smallest absolute Gasteiger partial charge is 0.338 e. The molecule has 0 saturated carbocycles. The van der Waals surface area contributed by atoms with E-state index >= 15 is 0 Å². The molecule has 1 atom stereocenters. The molecule has 1 aromatic rings. The molecule has 1 saturated heterocycles. The van der Waals surface area contributed by atoms with Crippen LogP contribution in [0, 0.1) is 0 Å². The van der Waals surface area contributed by atoms with Crippen LogP contribution in [0.3, 0.4) is 0 Å². The van der Waals surface area contributed by atoms with Gasteiger partial charge in [0.05, 0.1) is 18.2 Å². The third-order valence-electron chi connectivity index (χ3n) is 4.34. The molecule has 8 heteroatoms. The number of carbonyl (C=O) groups excluding carboxylic acids is 2. The number of rotatable bonds is 5. The summed E-state index contributed by atoms with van der Waals surface area (Å²) in [6.45, 7) is 4.42. The zero-order valence-electron chi connectivity index (χ0n) is 14.6. The van der Waals surface area contributed by atoms with E-state index in [1.54, 1.807) is 19.1 Å². The molecule has 26 heavy (non-hydrogen) atoms. The predicted octanol–water partition coefficient (Wildman–Crippen LogP) is 2.56. The van der Waals surface area contributed by atoms with Gasteiger partial charge in [-0.25, -0.2) is 9.59 Å². The van der Waals surface area contributed by atoms with Gasteiger partial charge in [-0.3, -0.25) is 4.90 Å². The quantitative estimate of drug-likeness (QED) is 0.750. The normalized spacial score (nSPS) is 21.2. The summed E-state index contributed by atoms with van der Waals surface area (Å²) < 4.78 is 5.27. The molecule has 0 spiro atoms. The molecule has 2 N–H and O–H groups in total. The summed E-state index contributed by atoms with van der Waals surface area (Å²) in [5.74, 6) is 1.69. The van der Waals surface area contributed by atoms with Crippen molar-refractivity contribution in [1.82, 2.24) is 15.5 Å². The molecular weight excluding hydrogens is 374 g/mol. The molecule has 2 amide bonds. The van der Waals surface area contributed by atoms with Gasteiger partial charge in [-0.05, 0) is 24.6 Å². The van der Waals surface area contributed by atoms with Crippen molar-refractivity contribution in [2.75, 3.05) is 37.7 Å². The SMILES string of the molecule is CCOC(=O)C1=C(CN2CCSCC2)NC(=O)N[C@H]1c1ccc(Cl)cc1. The Kier molecular flexibility index (Phi) is 6.45. The number of ether oxygens (including phenoxy) is 1. The van der Waals surface area contributed by atoms with Gasteiger partial charge in [0.2, 0.25) is 0 Å². The highest BCUT2D eigenvalue weighted by Crippen LogP contribution is 2.29. The summed E-state index contributed by atoms with van der Waals surface area (Å²) in [5.41, 5.74) is 1.85. The van der Waals surface area contributed by atoms with E-state index in [9.17, 15) is 9.59 Å². The van der Waals surface area contributed by atoms with Gasteiger partial charge in [0.15, 0.2) is 0 Å². The van der Waals surface area contributed by atoms with Gasteiger partial charge in [-0.2, -0.15) is 11.8 Å². The second-order valence-electron chi connectivity index (χ2n) is 6.08. The highest BCUT2D eigenvalue weighted by molar-refractivity contribution is 7.99. The maximum absolute atomic E-state index is 12.7. The first-order valence-corrected chi connectivity index (χ1v) is 10.1. The third-order valence-corrected chi connectivity index (χ3v) is 5.53. The Balaban J connectivity index is 1.96. The van der Waals surface area contributed by atoms with E-state index < -0.39 is 12.0 Å².